The third-order valence-electron chi connectivity index (χ3n) is 2.95. The standard InChI is InChI=1S/C12H24N2O/c1-2-3-4-5-8-14-12(15)10-11-7-6-9-13-11/h11,13H,2-10H2,1H3,(H,14,15). The SMILES string of the molecule is CCCCCCNC(=O)CC1CCCN1. The number of rotatable bonds is 7. The van der Waals surface area contributed by atoms with Crippen LogP contribution >= 0.6 is 0 Å². The molecule has 0 radical (unpaired) electrons. The summed E-state index contributed by atoms with van der Waals surface area (Å²) in [6.07, 6.45) is 7.92. The lowest BCUT2D eigenvalue weighted by Gasteiger charge is -2.10. The van der Waals surface area contributed by atoms with Crippen LogP contribution in [0.2, 0.25) is 0 Å². The van der Waals surface area contributed by atoms with Gasteiger partial charge in [0, 0.05) is 19.0 Å². The predicted octanol–water partition coefficient (Wildman–Crippen LogP) is 1.82. The molecule has 1 fully saturated rings. The monoisotopic (exact) mass is 212 g/mol. The van der Waals surface area contributed by atoms with Crippen molar-refractivity contribution in [2.24, 2.45) is 0 Å². The Morgan fingerprint density at radius 1 is 1.40 bits per heavy atom. The van der Waals surface area contributed by atoms with Gasteiger partial charge >= 0.3 is 0 Å². The maximum absolute atomic E-state index is 11.5. The molecule has 3 heteroatoms. The zero-order chi connectivity index (χ0) is 10.9. The van der Waals surface area contributed by atoms with Crippen LogP contribution in [-0.2, 0) is 4.79 Å². The van der Waals surface area contributed by atoms with E-state index in [2.05, 4.69) is 17.6 Å². The molecule has 1 unspecified atom stereocenters. The molecule has 1 amide bonds. The first kappa shape index (κ1) is 12.5. The average Bonchev–Trinajstić information content (AvgIpc) is 2.70. The summed E-state index contributed by atoms with van der Waals surface area (Å²) < 4.78 is 0. The summed E-state index contributed by atoms with van der Waals surface area (Å²) in [4.78, 5) is 11.5. The number of hydrogen-bond donors (Lipinski definition) is 2. The Balaban J connectivity index is 1.93. The molecule has 0 aliphatic carbocycles. The molecule has 0 aromatic heterocycles. The van der Waals surface area contributed by atoms with Crippen LogP contribution in [-0.4, -0.2) is 25.0 Å². The molecule has 0 aromatic carbocycles. The van der Waals surface area contributed by atoms with Gasteiger partial charge in [0.2, 0.25) is 5.91 Å². The Labute approximate surface area is 93.0 Å². The number of amides is 1. The van der Waals surface area contributed by atoms with Crippen LogP contribution in [0.4, 0.5) is 0 Å². The molecule has 0 aromatic rings. The summed E-state index contributed by atoms with van der Waals surface area (Å²) in [6, 6.07) is 0.431. The van der Waals surface area contributed by atoms with Crippen molar-refractivity contribution in [2.75, 3.05) is 13.1 Å². The molecule has 3 nitrogen and oxygen atoms in total. The molecule has 1 aliphatic heterocycles. The highest BCUT2D eigenvalue weighted by atomic mass is 16.1. The summed E-state index contributed by atoms with van der Waals surface area (Å²) in [5, 5.41) is 6.33. The Bertz CT molecular complexity index is 176. The fourth-order valence-electron chi connectivity index (χ4n) is 2.01. The lowest BCUT2D eigenvalue weighted by atomic mass is 10.1. The molecule has 1 rings (SSSR count). The number of nitrogens with one attached hydrogen (secondary N) is 2. The molecule has 1 atom stereocenters. The highest BCUT2D eigenvalue weighted by Gasteiger charge is 2.16. The van der Waals surface area contributed by atoms with E-state index in [4.69, 9.17) is 0 Å². The Hall–Kier alpha value is -0.570. The summed E-state index contributed by atoms with van der Waals surface area (Å²) in [7, 11) is 0. The molecule has 2 N–H and O–H groups in total. The van der Waals surface area contributed by atoms with Gasteiger partial charge in [0.15, 0.2) is 0 Å². The van der Waals surface area contributed by atoms with Crippen LogP contribution < -0.4 is 10.6 Å². The third kappa shape index (κ3) is 5.78. The van der Waals surface area contributed by atoms with E-state index in [-0.39, 0.29) is 5.91 Å². The van der Waals surface area contributed by atoms with Crippen LogP contribution in [0, 0.1) is 0 Å². The van der Waals surface area contributed by atoms with Crippen LogP contribution in [0.5, 0.6) is 0 Å². The molecule has 0 spiro atoms. The number of carbonyl (C=O) groups excluding carboxylic acids is 1. The van der Waals surface area contributed by atoms with Crippen molar-refractivity contribution in [3.8, 4) is 0 Å². The molecule has 1 heterocycles. The van der Waals surface area contributed by atoms with Gasteiger partial charge in [-0.15, -0.1) is 0 Å². The quantitative estimate of drug-likeness (QED) is 0.632. The van der Waals surface area contributed by atoms with Crippen molar-refractivity contribution in [3.05, 3.63) is 0 Å². The zero-order valence-corrected chi connectivity index (χ0v) is 9.85. The number of hydrogen-bond acceptors (Lipinski definition) is 2. The second-order valence-corrected chi connectivity index (χ2v) is 4.41. The van der Waals surface area contributed by atoms with E-state index in [1.54, 1.807) is 0 Å². The van der Waals surface area contributed by atoms with Crippen molar-refractivity contribution in [3.63, 3.8) is 0 Å². The topological polar surface area (TPSA) is 41.1 Å². The summed E-state index contributed by atoms with van der Waals surface area (Å²) in [5.74, 6) is 0.214. The summed E-state index contributed by atoms with van der Waals surface area (Å²) in [6.45, 7) is 4.13. The first-order valence-electron chi connectivity index (χ1n) is 6.33. The summed E-state index contributed by atoms with van der Waals surface area (Å²) in [5.41, 5.74) is 0. The number of unbranched alkanes of at least 4 members (excludes halogenated alkanes) is 3. The predicted molar refractivity (Wildman–Crippen MR) is 62.8 cm³/mol. The van der Waals surface area contributed by atoms with E-state index in [0.717, 1.165) is 25.9 Å². The van der Waals surface area contributed by atoms with Gasteiger partial charge in [-0.1, -0.05) is 26.2 Å². The fraction of sp³-hybridized carbons (Fsp3) is 0.917. The normalized spacial score (nSPS) is 20.5. The number of carbonyl (C=O) groups is 1. The van der Waals surface area contributed by atoms with E-state index in [1.807, 2.05) is 0 Å². The van der Waals surface area contributed by atoms with Crippen molar-refractivity contribution in [1.29, 1.82) is 0 Å². The van der Waals surface area contributed by atoms with Crippen LogP contribution in [0.1, 0.15) is 51.9 Å². The highest BCUT2D eigenvalue weighted by Crippen LogP contribution is 2.08. The van der Waals surface area contributed by atoms with Crippen LogP contribution in [0.3, 0.4) is 0 Å². The zero-order valence-electron chi connectivity index (χ0n) is 9.85. The van der Waals surface area contributed by atoms with Gasteiger partial charge < -0.3 is 10.6 Å². The molecular weight excluding hydrogens is 188 g/mol. The third-order valence-corrected chi connectivity index (χ3v) is 2.95. The average molecular weight is 212 g/mol. The second-order valence-electron chi connectivity index (χ2n) is 4.41. The first-order chi connectivity index (χ1) is 7.33. The smallest absolute Gasteiger partial charge is 0.221 e. The minimum absolute atomic E-state index is 0.214. The Morgan fingerprint density at radius 3 is 2.93 bits per heavy atom. The molecule has 0 saturated carbocycles. The van der Waals surface area contributed by atoms with Crippen molar-refractivity contribution < 1.29 is 4.79 Å². The van der Waals surface area contributed by atoms with Crippen molar-refractivity contribution >= 4 is 5.91 Å². The van der Waals surface area contributed by atoms with Gasteiger partial charge in [-0.3, -0.25) is 4.79 Å². The van der Waals surface area contributed by atoms with E-state index < -0.39 is 0 Å². The van der Waals surface area contributed by atoms with E-state index in [1.165, 1.54) is 25.7 Å². The van der Waals surface area contributed by atoms with Gasteiger partial charge in [-0.05, 0) is 25.8 Å². The minimum atomic E-state index is 0.214. The van der Waals surface area contributed by atoms with Gasteiger partial charge in [-0.2, -0.15) is 0 Å². The molecule has 1 aliphatic rings. The van der Waals surface area contributed by atoms with E-state index in [9.17, 15) is 4.79 Å². The minimum Gasteiger partial charge on any atom is -0.356 e. The molecule has 1 saturated heterocycles. The Kier molecular flexibility index (Phi) is 6.41. The van der Waals surface area contributed by atoms with Gasteiger partial charge in [0.25, 0.3) is 0 Å². The first-order valence-corrected chi connectivity index (χ1v) is 6.33. The van der Waals surface area contributed by atoms with Crippen LogP contribution in [0.25, 0.3) is 0 Å². The van der Waals surface area contributed by atoms with Crippen molar-refractivity contribution in [2.45, 2.75) is 57.9 Å². The lowest BCUT2D eigenvalue weighted by Crippen LogP contribution is -2.32. The second kappa shape index (κ2) is 7.69. The molecular formula is C12H24N2O. The van der Waals surface area contributed by atoms with E-state index in [0.29, 0.717) is 12.5 Å². The van der Waals surface area contributed by atoms with Crippen molar-refractivity contribution in [1.82, 2.24) is 10.6 Å². The van der Waals surface area contributed by atoms with Gasteiger partial charge in [0.05, 0.1) is 0 Å². The largest absolute Gasteiger partial charge is 0.356 e. The molecule has 0 bridgehead atoms. The highest BCUT2D eigenvalue weighted by molar-refractivity contribution is 5.76. The molecule has 15 heavy (non-hydrogen) atoms. The summed E-state index contributed by atoms with van der Waals surface area (Å²) >= 11 is 0. The van der Waals surface area contributed by atoms with Gasteiger partial charge in [0.1, 0.15) is 0 Å². The van der Waals surface area contributed by atoms with Gasteiger partial charge in [-0.25, -0.2) is 0 Å². The van der Waals surface area contributed by atoms with Crippen LogP contribution in [0.15, 0.2) is 0 Å². The van der Waals surface area contributed by atoms with E-state index >= 15 is 0 Å². The molecule has 88 valence electrons. The Morgan fingerprint density at radius 2 is 2.27 bits per heavy atom. The maximum atomic E-state index is 11.5. The lowest BCUT2D eigenvalue weighted by molar-refractivity contribution is -0.121. The fourth-order valence-corrected chi connectivity index (χ4v) is 2.01. The maximum Gasteiger partial charge on any atom is 0.221 e.